The molecule has 0 spiro atoms. The second-order valence-electron chi connectivity index (χ2n) is 2.06. The molecule has 1 rings (SSSR count). The number of primary amides is 1. The van der Waals surface area contributed by atoms with Crippen LogP contribution in [0.4, 0.5) is 17.3 Å². The van der Waals surface area contributed by atoms with Crippen LogP contribution in [0.1, 0.15) is 12.8 Å². The summed E-state index contributed by atoms with van der Waals surface area (Å²) >= 11 is 0. The molecule has 0 aliphatic carbocycles. The Balaban J connectivity index is 0.000000187. The Hall–Kier alpha value is -0.585. The summed E-state index contributed by atoms with van der Waals surface area (Å²) in [7, 11) is -6.00. The van der Waals surface area contributed by atoms with Gasteiger partial charge in [-0.1, -0.05) is 0 Å². The molecule has 0 aromatic carbocycles. The standard InChI is InChI=1S/C4H7NO.BF4/c6-4-2-1-3-5-4;2-1(3,4)5/h1-3H2,(H,5,6);/q;-1/p+1. The minimum atomic E-state index is -6.00. The molecule has 1 amide bonds. The molecule has 1 aliphatic heterocycles. The van der Waals surface area contributed by atoms with E-state index in [0.29, 0.717) is 5.91 Å². The lowest BCUT2D eigenvalue weighted by Gasteiger charge is -1.94. The molecular formula is C4H8BF4NO. The van der Waals surface area contributed by atoms with Crippen LogP contribution in [0, 0.1) is 0 Å². The Bertz CT molecular complexity index is 123. The second kappa shape index (κ2) is 4.33. The first kappa shape index (κ1) is 10.4. The highest BCUT2D eigenvalue weighted by molar-refractivity contribution is 6.50. The van der Waals surface area contributed by atoms with E-state index in [4.69, 9.17) is 0 Å². The molecule has 0 aromatic heterocycles. The van der Waals surface area contributed by atoms with E-state index in [-0.39, 0.29) is 0 Å². The number of amides is 1. The van der Waals surface area contributed by atoms with Crippen molar-refractivity contribution in [2.45, 2.75) is 12.8 Å². The van der Waals surface area contributed by atoms with Crippen LogP contribution in [0.15, 0.2) is 0 Å². The van der Waals surface area contributed by atoms with Crippen LogP contribution in [0.2, 0.25) is 0 Å². The van der Waals surface area contributed by atoms with Gasteiger partial charge in [0.2, 0.25) is 0 Å². The van der Waals surface area contributed by atoms with Crippen LogP contribution < -0.4 is 5.32 Å². The summed E-state index contributed by atoms with van der Waals surface area (Å²) in [6, 6.07) is 0. The number of carbonyl (C=O) groups excluding carboxylic acids is 1. The van der Waals surface area contributed by atoms with Gasteiger partial charge in [-0.2, -0.15) is 0 Å². The highest BCUT2D eigenvalue weighted by Crippen LogP contribution is 2.06. The molecule has 0 bridgehead atoms. The first-order valence-corrected chi connectivity index (χ1v) is 3.13. The average molecular weight is 173 g/mol. The Morgan fingerprint density at radius 1 is 1.27 bits per heavy atom. The molecule has 66 valence electrons. The summed E-state index contributed by atoms with van der Waals surface area (Å²) in [6.45, 7) is 1.01. The fourth-order valence-electron chi connectivity index (χ4n) is 0.641. The van der Waals surface area contributed by atoms with Gasteiger partial charge in [-0.3, -0.25) is 5.32 Å². The number of nitrogens with two attached hydrogens (primary N) is 1. The maximum atomic E-state index is 10.2. The summed E-state index contributed by atoms with van der Waals surface area (Å²) in [5.74, 6) is 0.329. The Morgan fingerprint density at radius 2 is 1.73 bits per heavy atom. The number of hydrogen-bond acceptors (Lipinski definition) is 1. The third-order valence-corrected chi connectivity index (χ3v) is 0.999. The van der Waals surface area contributed by atoms with Gasteiger partial charge in [0.15, 0.2) is 0 Å². The van der Waals surface area contributed by atoms with Crippen molar-refractivity contribution in [3.05, 3.63) is 0 Å². The predicted molar refractivity (Wildman–Crippen MR) is 31.2 cm³/mol. The lowest BCUT2D eigenvalue weighted by Crippen LogP contribution is -2.84. The van der Waals surface area contributed by atoms with E-state index < -0.39 is 7.25 Å². The van der Waals surface area contributed by atoms with Crippen molar-refractivity contribution in [3.8, 4) is 0 Å². The molecule has 1 saturated heterocycles. The summed E-state index contributed by atoms with van der Waals surface area (Å²) in [4.78, 5) is 10.2. The fourth-order valence-corrected chi connectivity index (χ4v) is 0.641. The van der Waals surface area contributed by atoms with Crippen molar-refractivity contribution in [1.82, 2.24) is 0 Å². The van der Waals surface area contributed by atoms with Gasteiger partial charge in [0, 0.05) is 6.42 Å². The molecular weight excluding hydrogens is 165 g/mol. The van der Waals surface area contributed by atoms with Crippen LogP contribution in [0.5, 0.6) is 0 Å². The van der Waals surface area contributed by atoms with Crippen LogP contribution in [-0.4, -0.2) is 19.7 Å². The van der Waals surface area contributed by atoms with Gasteiger partial charge in [-0.25, -0.2) is 4.79 Å². The van der Waals surface area contributed by atoms with Gasteiger partial charge in [0.25, 0.3) is 0 Å². The van der Waals surface area contributed by atoms with Crippen LogP contribution >= 0.6 is 0 Å². The molecule has 0 radical (unpaired) electrons. The van der Waals surface area contributed by atoms with Crippen LogP contribution in [-0.2, 0) is 4.79 Å². The van der Waals surface area contributed by atoms with Crippen LogP contribution in [0.3, 0.4) is 0 Å². The summed E-state index contributed by atoms with van der Waals surface area (Å²) in [5, 5.41) is 1.76. The lowest BCUT2D eigenvalue weighted by molar-refractivity contribution is -0.554. The summed E-state index contributed by atoms with van der Waals surface area (Å²) < 4.78 is 39.0. The first-order chi connectivity index (χ1) is 4.89. The summed E-state index contributed by atoms with van der Waals surface area (Å²) in [6.07, 6.45) is 1.87. The Labute approximate surface area is 61.1 Å². The first-order valence-electron chi connectivity index (χ1n) is 3.13. The van der Waals surface area contributed by atoms with E-state index in [2.05, 4.69) is 0 Å². The molecule has 0 unspecified atom stereocenters. The van der Waals surface area contributed by atoms with E-state index in [1.165, 1.54) is 0 Å². The van der Waals surface area contributed by atoms with E-state index in [9.17, 15) is 22.1 Å². The molecule has 7 heteroatoms. The molecule has 0 atom stereocenters. The van der Waals surface area contributed by atoms with E-state index in [1.54, 1.807) is 5.32 Å². The largest absolute Gasteiger partial charge is 0.673 e. The van der Waals surface area contributed by atoms with E-state index in [1.807, 2.05) is 0 Å². The average Bonchev–Trinajstić information content (AvgIpc) is 2.12. The Morgan fingerprint density at radius 3 is 1.82 bits per heavy atom. The zero-order chi connectivity index (χ0) is 8.91. The number of rotatable bonds is 0. The normalized spacial score (nSPS) is 17.6. The number of carbonyl (C=O) groups is 1. The zero-order valence-corrected chi connectivity index (χ0v) is 5.70. The fraction of sp³-hybridized carbons (Fsp3) is 0.750. The SMILES string of the molecule is F[B-](F)(F)F.O=C1CCC[NH2+]1. The van der Waals surface area contributed by atoms with Crippen molar-refractivity contribution in [2.24, 2.45) is 0 Å². The second-order valence-corrected chi connectivity index (χ2v) is 2.06. The zero-order valence-electron chi connectivity index (χ0n) is 5.70. The van der Waals surface area contributed by atoms with Gasteiger partial charge < -0.3 is 17.3 Å². The van der Waals surface area contributed by atoms with E-state index in [0.717, 1.165) is 19.4 Å². The Kier molecular flexibility index (Phi) is 4.10. The predicted octanol–water partition coefficient (Wildman–Crippen LogP) is 0.170. The topological polar surface area (TPSA) is 33.7 Å². The number of quaternary nitrogens is 1. The summed E-state index contributed by atoms with van der Waals surface area (Å²) in [5.41, 5.74) is 0. The number of halogens is 4. The van der Waals surface area contributed by atoms with Gasteiger partial charge in [0.05, 0.1) is 13.0 Å². The third kappa shape index (κ3) is 12.6. The van der Waals surface area contributed by atoms with Crippen molar-refractivity contribution >= 4 is 13.2 Å². The van der Waals surface area contributed by atoms with Crippen molar-refractivity contribution in [2.75, 3.05) is 6.54 Å². The van der Waals surface area contributed by atoms with E-state index >= 15 is 0 Å². The molecule has 1 heterocycles. The highest BCUT2D eigenvalue weighted by atomic mass is 19.5. The minimum Gasteiger partial charge on any atom is -0.418 e. The van der Waals surface area contributed by atoms with Gasteiger partial charge in [-0.05, 0) is 0 Å². The molecule has 2 N–H and O–H groups in total. The van der Waals surface area contributed by atoms with Gasteiger partial charge >= 0.3 is 13.2 Å². The maximum Gasteiger partial charge on any atom is 0.673 e. The number of hydrogen-bond donors (Lipinski definition) is 1. The smallest absolute Gasteiger partial charge is 0.418 e. The maximum absolute atomic E-state index is 10.2. The van der Waals surface area contributed by atoms with Gasteiger partial charge in [0.1, 0.15) is 0 Å². The molecule has 11 heavy (non-hydrogen) atoms. The molecule has 0 saturated carbocycles. The highest BCUT2D eigenvalue weighted by Gasteiger charge is 2.20. The monoisotopic (exact) mass is 173 g/mol. The van der Waals surface area contributed by atoms with Crippen molar-refractivity contribution in [3.63, 3.8) is 0 Å². The minimum absolute atomic E-state index is 0.329. The lowest BCUT2D eigenvalue weighted by atomic mass is 10.3. The third-order valence-electron chi connectivity index (χ3n) is 0.999. The van der Waals surface area contributed by atoms with Crippen molar-refractivity contribution in [1.29, 1.82) is 0 Å². The van der Waals surface area contributed by atoms with Crippen LogP contribution in [0.25, 0.3) is 0 Å². The molecule has 0 aromatic rings. The van der Waals surface area contributed by atoms with Gasteiger partial charge in [-0.15, -0.1) is 0 Å². The molecule has 1 fully saturated rings. The molecule has 1 aliphatic rings. The van der Waals surface area contributed by atoms with Crippen molar-refractivity contribution < 1.29 is 27.4 Å². The molecule has 2 nitrogen and oxygen atoms in total. The quantitative estimate of drug-likeness (QED) is 0.411.